The van der Waals surface area contributed by atoms with Crippen molar-refractivity contribution in [1.29, 1.82) is 0 Å². The van der Waals surface area contributed by atoms with E-state index in [1.807, 2.05) is 43.7 Å². The van der Waals surface area contributed by atoms with Crippen LogP contribution in [0.15, 0.2) is 84.2 Å². The Morgan fingerprint density at radius 2 is 1.54 bits per heavy atom. The lowest BCUT2D eigenvalue weighted by molar-refractivity contribution is 0.217. The molecule has 8 heteroatoms. The van der Waals surface area contributed by atoms with Gasteiger partial charge < -0.3 is 14.2 Å². The second-order valence-electron chi connectivity index (χ2n) is 10.3. The number of imidazole rings is 1. The molecule has 5 rings (SSSR count). The number of benzene rings is 3. The number of hydrogen-bond donors (Lipinski definition) is 1. The van der Waals surface area contributed by atoms with Gasteiger partial charge in [0.1, 0.15) is 23.6 Å². The van der Waals surface area contributed by atoms with Crippen LogP contribution in [0.25, 0.3) is 16.8 Å². The molecule has 2 unspecified atom stereocenters. The summed E-state index contributed by atoms with van der Waals surface area (Å²) in [6.45, 7) is 6.97. The van der Waals surface area contributed by atoms with Gasteiger partial charge in [-0.25, -0.2) is 18.2 Å². The highest BCUT2D eigenvalue weighted by Gasteiger charge is 2.23. The zero-order chi connectivity index (χ0) is 29.4. The Labute approximate surface area is 236 Å². The van der Waals surface area contributed by atoms with Crippen molar-refractivity contribution >= 4 is 0 Å². The van der Waals surface area contributed by atoms with Crippen molar-refractivity contribution in [2.45, 2.75) is 46.3 Å². The fraction of sp³-hybridized carbons (Fsp3) is 0.212. The van der Waals surface area contributed by atoms with Gasteiger partial charge in [0.25, 0.3) is 5.56 Å². The average Bonchev–Trinajstić information content (AvgIpc) is 3.38. The number of aromatic nitrogens is 3. The molecule has 0 bridgehead atoms. The molecule has 2 atom stereocenters. The number of nitrogens with zero attached hydrogens (tertiary/aromatic N) is 3. The van der Waals surface area contributed by atoms with Crippen molar-refractivity contribution in [3.63, 3.8) is 0 Å². The van der Waals surface area contributed by atoms with E-state index >= 15 is 0 Å². The normalized spacial score (nSPS) is 12.9. The molecule has 0 amide bonds. The van der Waals surface area contributed by atoms with Crippen LogP contribution in [-0.4, -0.2) is 19.2 Å². The molecule has 0 spiro atoms. The van der Waals surface area contributed by atoms with Crippen LogP contribution in [0.3, 0.4) is 0 Å². The summed E-state index contributed by atoms with van der Waals surface area (Å²) in [5, 5.41) is 11.5. The van der Waals surface area contributed by atoms with Gasteiger partial charge in [0.15, 0.2) is 0 Å². The van der Waals surface area contributed by atoms with Crippen molar-refractivity contribution in [3.8, 4) is 16.8 Å². The maximum absolute atomic E-state index is 14.5. The summed E-state index contributed by atoms with van der Waals surface area (Å²) in [5.74, 6) is -1.82. The SMILES string of the molecule is CCC(c1cc(F)c(C)c(F)c1)n1cc(-c2ccc(F)cc2)cc(C(O)c2ccc(-n3cnc(C)c3)c(C)c2)c1=O. The Hall–Kier alpha value is -4.43. The fourth-order valence-electron chi connectivity index (χ4n) is 5.17. The van der Waals surface area contributed by atoms with Crippen LogP contribution in [-0.2, 0) is 0 Å². The van der Waals surface area contributed by atoms with Gasteiger partial charge in [-0.15, -0.1) is 0 Å². The van der Waals surface area contributed by atoms with Crippen LogP contribution in [0.4, 0.5) is 13.2 Å². The number of halogens is 3. The number of aliphatic hydroxyl groups is 1. The molecule has 0 aliphatic heterocycles. The predicted molar refractivity (Wildman–Crippen MR) is 153 cm³/mol. The van der Waals surface area contributed by atoms with Crippen molar-refractivity contribution in [2.24, 2.45) is 0 Å². The van der Waals surface area contributed by atoms with Gasteiger partial charge in [0, 0.05) is 23.6 Å². The number of aliphatic hydroxyl groups excluding tert-OH is 1. The van der Waals surface area contributed by atoms with E-state index in [9.17, 15) is 23.1 Å². The first-order valence-corrected chi connectivity index (χ1v) is 13.3. The van der Waals surface area contributed by atoms with E-state index in [2.05, 4.69) is 4.98 Å². The van der Waals surface area contributed by atoms with E-state index in [1.54, 1.807) is 36.8 Å². The molecule has 2 heterocycles. The third kappa shape index (κ3) is 5.47. The van der Waals surface area contributed by atoms with E-state index in [4.69, 9.17) is 0 Å². The van der Waals surface area contributed by atoms with E-state index in [-0.39, 0.29) is 11.1 Å². The molecule has 5 aromatic rings. The number of hydrogen-bond acceptors (Lipinski definition) is 3. The zero-order valence-corrected chi connectivity index (χ0v) is 23.2. The number of pyridine rings is 1. The molecule has 2 aromatic heterocycles. The largest absolute Gasteiger partial charge is 0.383 e. The minimum Gasteiger partial charge on any atom is -0.383 e. The van der Waals surface area contributed by atoms with Gasteiger partial charge in [0.2, 0.25) is 0 Å². The van der Waals surface area contributed by atoms with Gasteiger partial charge in [-0.1, -0.05) is 31.2 Å². The van der Waals surface area contributed by atoms with Crippen LogP contribution in [0.5, 0.6) is 0 Å². The molecule has 1 N–H and O–H groups in total. The lowest BCUT2D eigenvalue weighted by Crippen LogP contribution is -2.29. The van der Waals surface area contributed by atoms with E-state index in [1.165, 1.54) is 35.8 Å². The molecule has 0 radical (unpaired) electrons. The highest BCUT2D eigenvalue weighted by molar-refractivity contribution is 5.63. The molecular weight excluding hydrogens is 527 g/mol. The van der Waals surface area contributed by atoms with Crippen LogP contribution in [0, 0.1) is 38.2 Å². The van der Waals surface area contributed by atoms with Crippen molar-refractivity contribution < 1.29 is 18.3 Å². The quantitative estimate of drug-likeness (QED) is 0.232. The van der Waals surface area contributed by atoms with Crippen LogP contribution in [0.2, 0.25) is 0 Å². The molecule has 3 aromatic carbocycles. The summed E-state index contributed by atoms with van der Waals surface area (Å²) >= 11 is 0. The summed E-state index contributed by atoms with van der Waals surface area (Å²) in [6.07, 6.45) is 4.24. The summed E-state index contributed by atoms with van der Waals surface area (Å²) in [4.78, 5) is 18.2. The van der Waals surface area contributed by atoms with Crippen LogP contribution >= 0.6 is 0 Å². The molecule has 0 aliphatic carbocycles. The topological polar surface area (TPSA) is 60.1 Å². The Morgan fingerprint density at radius 3 is 2.12 bits per heavy atom. The molecule has 0 saturated carbocycles. The van der Waals surface area contributed by atoms with Gasteiger partial charge in [0.05, 0.1) is 23.6 Å². The van der Waals surface area contributed by atoms with Crippen LogP contribution < -0.4 is 5.56 Å². The molecule has 210 valence electrons. The first-order valence-electron chi connectivity index (χ1n) is 13.3. The second-order valence-corrected chi connectivity index (χ2v) is 10.3. The van der Waals surface area contributed by atoms with Crippen molar-refractivity contribution in [1.82, 2.24) is 14.1 Å². The second kappa shape index (κ2) is 11.2. The molecule has 0 saturated heterocycles. The standard InChI is InChI=1S/C33H30F3N3O2/c1-5-30(24-14-28(35)21(4)29(36)15-24)39-17-25(22-6-9-26(34)10-7-22)13-27(33(39)41)32(40)23-8-11-31(19(2)12-23)38-16-20(3)37-18-38/h6-18,30,32,40H,5H2,1-4H3. The predicted octanol–water partition coefficient (Wildman–Crippen LogP) is 7.12. The lowest BCUT2D eigenvalue weighted by Gasteiger charge is -2.23. The molecule has 41 heavy (non-hydrogen) atoms. The third-order valence-corrected chi connectivity index (χ3v) is 7.48. The van der Waals surface area contributed by atoms with Gasteiger partial charge in [-0.2, -0.15) is 0 Å². The number of aryl methyl sites for hydroxylation is 2. The maximum atomic E-state index is 14.5. The van der Waals surface area contributed by atoms with E-state index in [0.717, 1.165) is 16.9 Å². The number of rotatable bonds is 7. The summed E-state index contributed by atoms with van der Waals surface area (Å²) < 4.78 is 46.1. The smallest absolute Gasteiger partial charge is 0.257 e. The highest BCUT2D eigenvalue weighted by atomic mass is 19.1. The van der Waals surface area contributed by atoms with E-state index in [0.29, 0.717) is 28.7 Å². The average molecular weight is 558 g/mol. The Kier molecular flexibility index (Phi) is 7.69. The Morgan fingerprint density at radius 1 is 0.854 bits per heavy atom. The van der Waals surface area contributed by atoms with Crippen LogP contribution in [0.1, 0.15) is 59.0 Å². The molecule has 5 nitrogen and oxygen atoms in total. The summed E-state index contributed by atoms with van der Waals surface area (Å²) in [6, 6.07) is 14.5. The monoisotopic (exact) mass is 557 g/mol. The lowest BCUT2D eigenvalue weighted by atomic mass is 9.96. The minimum absolute atomic E-state index is 0.0870. The molecular formula is C33H30F3N3O2. The summed E-state index contributed by atoms with van der Waals surface area (Å²) in [5.41, 5.74) is 4.07. The van der Waals surface area contributed by atoms with E-state index < -0.39 is 35.2 Å². The Balaban J connectivity index is 1.66. The fourth-order valence-corrected chi connectivity index (χ4v) is 5.17. The minimum atomic E-state index is -1.30. The van der Waals surface area contributed by atoms with Gasteiger partial charge >= 0.3 is 0 Å². The zero-order valence-electron chi connectivity index (χ0n) is 23.2. The molecule has 0 aliphatic rings. The molecule has 0 fully saturated rings. The maximum Gasteiger partial charge on any atom is 0.257 e. The van der Waals surface area contributed by atoms with Crippen molar-refractivity contribution in [2.75, 3.05) is 0 Å². The van der Waals surface area contributed by atoms with Gasteiger partial charge in [-0.05, 0) is 91.4 Å². The highest BCUT2D eigenvalue weighted by Crippen LogP contribution is 2.31. The third-order valence-electron chi connectivity index (χ3n) is 7.48. The Bertz CT molecular complexity index is 1770. The first-order chi connectivity index (χ1) is 19.6. The van der Waals surface area contributed by atoms with Crippen molar-refractivity contribution in [3.05, 3.63) is 141 Å². The first kappa shape index (κ1) is 28.1. The summed E-state index contributed by atoms with van der Waals surface area (Å²) in [7, 11) is 0. The van der Waals surface area contributed by atoms with Gasteiger partial charge in [-0.3, -0.25) is 4.79 Å².